The highest BCUT2D eigenvalue weighted by molar-refractivity contribution is 5.90. The lowest BCUT2D eigenvalue weighted by Crippen LogP contribution is -2.14. The Morgan fingerprint density at radius 3 is 2.14 bits per heavy atom. The number of hydrogen-bond acceptors (Lipinski definition) is 4. The third kappa shape index (κ3) is 7.49. The second kappa shape index (κ2) is 11.4. The minimum Gasteiger partial charge on any atom is -0.462 e. The average Bonchev–Trinajstić information content (AvgIpc) is 2.73. The fourth-order valence-corrected chi connectivity index (χ4v) is 4.78. The van der Waals surface area contributed by atoms with Gasteiger partial charge in [-0.15, -0.1) is 0 Å². The Bertz CT molecular complexity index is 669. The molecule has 4 heteroatoms. The van der Waals surface area contributed by atoms with Crippen LogP contribution in [0.3, 0.4) is 0 Å². The van der Waals surface area contributed by atoms with Gasteiger partial charge in [-0.05, 0) is 55.4 Å². The summed E-state index contributed by atoms with van der Waals surface area (Å²) in [5.41, 5.74) is 1.35. The van der Waals surface area contributed by atoms with Crippen LogP contribution in [0.15, 0.2) is 18.2 Å². The van der Waals surface area contributed by atoms with Crippen LogP contribution in [0.4, 0.5) is 0 Å². The maximum absolute atomic E-state index is 12.4. The summed E-state index contributed by atoms with van der Waals surface area (Å²) in [4.78, 5) is 24.7. The molecule has 0 amide bonds. The van der Waals surface area contributed by atoms with Gasteiger partial charge in [0.15, 0.2) is 0 Å². The summed E-state index contributed by atoms with van der Waals surface area (Å²) in [6.07, 6.45) is 15.1. The second-order valence-electron chi connectivity index (χ2n) is 8.98. The molecule has 4 nitrogen and oxygen atoms in total. The van der Waals surface area contributed by atoms with Gasteiger partial charge in [0.05, 0.1) is 12.2 Å². The van der Waals surface area contributed by atoms with Gasteiger partial charge in [0.2, 0.25) is 0 Å². The number of benzene rings is 1. The van der Waals surface area contributed by atoms with E-state index in [-0.39, 0.29) is 11.9 Å². The van der Waals surface area contributed by atoms with Crippen molar-refractivity contribution >= 4 is 11.9 Å². The van der Waals surface area contributed by atoms with Crippen molar-refractivity contribution in [2.45, 2.75) is 90.4 Å². The molecule has 0 aromatic heterocycles. The summed E-state index contributed by atoms with van der Waals surface area (Å²) in [5, 5.41) is 0. The summed E-state index contributed by atoms with van der Waals surface area (Å²) in [6.45, 7) is 2.37. The zero-order chi connectivity index (χ0) is 20.5. The fourth-order valence-electron chi connectivity index (χ4n) is 4.78. The Balaban J connectivity index is 1.46. The molecule has 2 saturated carbocycles. The van der Waals surface area contributed by atoms with Crippen LogP contribution in [0, 0.1) is 18.8 Å². The molecular weight excluding hydrogens is 364 g/mol. The van der Waals surface area contributed by atoms with Gasteiger partial charge in [0, 0.05) is 6.42 Å². The van der Waals surface area contributed by atoms with Gasteiger partial charge in [-0.2, -0.15) is 0 Å². The second-order valence-corrected chi connectivity index (χ2v) is 8.98. The first-order chi connectivity index (χ1) is 14.1. The average molecular weight is 401 g/mol. The van der Waals surface area contributed by atoms with E-state index >= 15 is 0 Å². The van der Waals surface area contributed by atoms with Gasteiger partial charge in [0.1, 0.15) is 5.75 Å². The topological polar surface area (TPSA) is 52.6 Å². The van der Waals surface area contributed by atoms with Gasteiger partial charge in [-0.1, -0.05) is 64.2 Å². The van der Waals surface area contributed by atoms with Crippen molar-refractivity contribution in [1.29, 1.82) is 0 Å². The summed E-state index contributed by atoms with van der Waals surface area (Å²) >= 11 is 0. The molecule has 2 fully saturated rings. The molecule has 0 atom stereocenters. The van der Waals surface area contributed by atoms with Crippen molar-refractivity contribution in [3.05, 3.63) is 29.3 Å². The quantitative estimate of drug-likeness (QED) is 0.375. The van der Waals surface area contributed by atoms with Gasteiger partial charge in [0.25, 0.3) is 0 Å². The Morgan fingerprint density at radius 1 is 0.862 bits per heavy atom. The van der Waals surface area contributed by atoms with Crippen molar-refractivity contribution in [3.8, 4) is 5.75 Å². The third-order valence-electron chi connectivity index (χ3n) is 6.48. The molecule has 1 aromatic rings. The van der Waals surface area contributed by atoms with E-state index in [4.69, 9.17) is 9.47 Å². The Kier molecular flexibility index (Phi) is 8.57. The van der Waals surface area contributed by atoms with Crippen molar-refractivity contribution in [3.63, 3.8) is 0 Å². The number of carbonyl (C=O) groups excluding carboxylic acids is 2. The molecule has 0 saturated heterocycles. The van der Waals surface area contributed by atoms with Crippen molar-refractivity contribution < 1.29 is 19.1 Å². The molecule has 3 rings (SSSR count). The van der Waals surface area contributed by atoms with Crippen LogP contribution < -0.4 is 4.74 Å². The van der Waals surface area contributed by atoms with Crippen LogP contribution in [0.1, 0.15) is 99.4 Å². The van der Waals surface area contributed by atoms with Crippen LogP contribution >= 0.6 is 0 Å². The van der Waals surface area contributed by atoms with Crippen molar-refractivity contribution in [1.82, 2.24) is 0 Å². The summed E-state index contributed by atoms with van der Waals surface area (Å²) in [5.74, 6) is 1.25. The molecule has 0 aliphatic heterocycles. The maximum atomic E-state index is 12.4. The van der Waals surface area contributed by atoms with Crippen LogP contribution in [-0.4, -0.2) is 18.5 Å². The highest BCUT2D eigenvalue weighted by Crippen LogP contribution is 2.28. The number of aryl methyl sites for hydroxylation is 1. The first-order valence-electron chi connectivity index (χ1n) is 11.6. The van der Waals surface area contributed by atoms with Crippen LogP contribution in [0.2, 0.25) is 0 Å². The van der Waals surface area contributed by atoms with Gasteiger partial charge in [-0.3, -0.25) is 4.79 Å². The van der Waals surface area contributed by atoms with Gasteiger partial charge >= 0.3 is 11.9 Å². The zero-order valence-electron chi connectivity index (χ0n) is 17.9. The predicted octanol–water partition coefficient (Wildman–Crippen LogP) is 6.39. The minimum atomic E-state index is -0.330. The van der Waals surface area contributed by atoms with Gasteiger partial charge in [-0.25, -0.2) is 4.79 Å². The Hall–Kier alpha value is -1.84. The van der Waals surface area contributed by atoms with Crippen LogP contribution in [-0.2, 0) is 9.53 Å². The van der Waals surface area contributed by atoms with E-state index < -0.39 is 0 Å². The van der Waals surface area contributed by atoms with E-state index in [1.54, 1.807) is 18.2 Å². The number of ether oxygens (including phenoxy) is 2. The van der Waals surface area contributed by atoms with E-state index in [0.29, 0.717) is 36.2 Å². The lowest BCUT2D eigenvalue weighted by Gasteiger charge is -2.21. The smallest absolute Gasteiger partial charge is 0.338 e. The van der Waals surface area contributed by atoms with Crippen molar-refractivity contribution in [2.75, 3.05) is 6.61 Å². The molecule has 160 valence electrons. The SMILES string of the molecule is Cc1cc(OC(=O)CCC2CCCCC2)cc(C(=O)OCCC2CCCCC2)c1. The van der Waals surface area contributed by atoms with E-state index in [1.807, 2.05) is 6.92 Å². The van der Waals surface area contributed by atoms with Crippen LogP contribution in [0.25, 0.3) is 0 Å². The summed E-state index contributed by atoms with van der Waals surface area (Å²) < 4.78 is 11.0. The highest BCUT2D eigenvalue weighted by atomic mass is 16.5. The number of rotatable bonds is 8. The molecule has 2 aliphatic carbocycles. The fraction of sp³-hybridized carbons (Fsp3) is 0.680. The van der Waals surface area contributed by atoms with E-state index in [1.165, 1.54) is 64.2 Å². The van der Waals surface area contributed by atoms with Gasteiger partial charge < -0.3 is 9.47 Å². The lowest BCUT2D eigenvalue weighted by atomic mass is 9.86. The summed E-state index contributed by atoms with van der Waals surface area (Å²) in [7, 11) is 0. The molecule has 0 bridgehead atoms. The molecule has 29 heavy (non-hydrogen) atoms. The molecular formula is C25H36O4. The maximum Gasteiger partial charge on any atom is 0.338 e. The molecule has 0 spiro atoms. The molecule has 0 N–H and O–H groups in total. The predicted molar refractivity (Wildman–Crippen MR) is 114 cm³/mol. The normalized spacial score (nSPS) is 18.4. The van der Waals surface area contributed by atoms with E-state index in [9.17, 15) is 9.59 Å². The van der Waals surface area contributed by atoms with E-state index in [0.717, 1.165) is 18.4 Å². The van der Waals surface area contributed by atoms with Crippen molar-refractivity contribution in [2.24, 2.45) is 11.8 Å². The Labute approximate surface area is 175 Å². The summed E-state index contributed by atoms with van der Waals surface area (Å²) in [6, 6.07) is 5.23. The number of esters is 2. The largest absolute Gasteiger partial charge is 0.462 e. The van der Waals surface area contributed by atoms with Crippen LogP contribution in [0.5, 0.6) is 5.75 Å². The molecule has 0 unspecified atom stereocenters. The zero-order valence-corrected chi connectivity index (χ0v) is 17.9. The standard InChI is InChI=1S/C25H36O4/c1-19-16-22(25(27)28-15-14-21-10-6-3-7-11-21)18-23(17-19)29-24(26)13-12-20-8-4-2-5-9-20/h16-18,20-21H,2-15H2,1H3. The first-order valence-corrected chi connectivity index (χ1v) is 11.6. The Morgan fingerprint density at radius 2 is 1.48 bits per heavy atom. The minimum absolute atomic E-state index is 0.210. The highest BCUT2D eigenvalue weighted by Gasteiger charge is 2.18. The molecule has 2 aliphatic rings. The first kappa shape index (κ1) is 21.9. The molecule has 0 radical (unpaired) electrons. The number of carbonyl (C=O) groups is 2. The molecule has 0 heterocycles. The van der Waals surface area contributed by atoms with E-state index in [2.05, 4.69) is 0 Å². The number of hydrogen-bond donors (Lipinski definition) is 0. The molecule has 1 aromatic carbocycles. The lowest BCUT2D eigenvalue weighted by molar-refractivity contribution is -0.134. The third-order valence-corrected chi connectivity index (χ3v) is 6.48. The monoisotopic (exact) mass is 400 g/mol.